The van der Waals surface area contributed by atoms with Crippen LogP contribution in [0.1, 0.15) is 33.7 Å². The third kappa shape index (κ3) is 4.42. The Morgan fingerprint density at radius 3 is 1.20 bits per heavy atom. The molecule has 2 nitrogen and oxygen atoms in total. The van der Waals surface area contributed by atoms with Gasteiger partial charge in [0.05, 0.1) is 5.92 Å². The highest BCUT2D eigenvalue weighted by atomic mass is 17.1. The second-order valence-corrected chi connectivity index (χ2v) is 8.55. The lowest BCUT2D eigenvalue weighted by Gasteiger charge is -2.44. The molecule has 2 radical (unpaired) electrons. The molecule has 5 rings (SSSR count). The Bertz CT molecular complexity index is 1140. The summed E-state index contributed by atoms with van der Waals surface area (Å²) in [6, 6.07) is 50.3. The van der Waals surface area contributed by atoms with E-state index in [1.807, 2.05) is 127 Å². The molecule has 0 saturated heterocycles. The molecule has 5 aromatic rings. The van der Waals surface area contributed by atoms with Gasteiger partial charge in [0, 0.05) is 5.92 Å². The molecule has 0 spiro atoms. The molecule has 1 unspecified atom stereocenters. The van der Waals surface area contributed by atoms with Crippen LogP contribution in [0.3, 0.4) is 0 Å². The molecule has 0 saturated carbocycles. The van der Waals surface area contributed by atoms with Crippen LogP contribution in [0.5, 0.6) is 0 Å². The molecule has 0 aromatic heterocycles. The molecular formula is C33H26O2. The van der Waals surface area contributed by atoms with Crippen molar-refractivity contribution >= 4 is 0 Å². The van der Waals surface area contributed by atoms with E-state index in [1.165, 1.54) is 0 Å². The van der Waals surface area contributed by atoms with Gasteiger partial charge < -0.3 is 0 Å². The van der Waals surface area contributed by atoms with E-state index in [0.717, 1.165) is 33.7 Å². The van der Waals surface area contributed by atoms with Gasteiger partial charge >= 0.3 is 0 Å². The minimum atomic E-state index is -1.35. The van der Waals surface area contributed by atoms with Crippen LogP contribution in [0.2, 0.25) is 0 Å². The first-order valence-corrected chi connectivity index (χ1v) is 11.8. The number of hydrogen-bond donors (Lipinski definition) is 0. The summed E-state index contributed by atoms with van der Waals surface area (Å²) in [4.78, 5) is 5.58. The highest BCUT2D eigenvalue weighted by Crippen LogP contribution is 2.54. The highest BCUT2D eigenvalue weighted by Gasteiger charge is 2.52. The fraction of sp³-hybridized carbons (Fsp3) is 0.0606. The third-order valence-electron chi connectivity index (χ3n) is 6.50. The highest BCUT2D eigenvalue weighted by molar-refractivity contribution is 5.57. The molecule has 170 valence electrons. The van der Waals surface area contributed by atoms with Crippen LogP contribution in [-0.2, 0) is 15.7 Å². The van der Waals surface area contributed by atoms with Crippen LogP contribution >= 0.6 is 0 Å². The zero-order valence-corrected chi connectivity index (χ0v) is 19.3. The van der Waals surface area contributed by atoms with E-state index in [1.54, 1.807) is 0 Å². The predicted molar refractivity (Wildman–Crippen MR) is 139 cm³/mol. The number of hydrogen-bond acceptors (Lipinski definition) is 1. The summed E-state index contributed by atoms with van der Waals surface area (Å²) in [6.07, 6.45) is 0. The zero-order chi connectivity index (χ0) is 23.9. The molecule has 0 heterocycles. The monoisotopic (exact) mass is 454 g/mol. The van der Waals surface area contributed by atoms with Crippen molar-refractivity contribution in [2.24, 2.45) is 0 Å². The first-order valence-electron chi connectivity index (χ1n) is 11.8. The van der Waals surface area contributed by atoms with Crippen molar-refractivity contribution in [3.05, 3.63) is 185 Å². The van der Waals surface area contributed by atoms with E-state index < -0.39 is 11.5 Å². The molecule has 0 amide bonds. The minimum absolute atomic E-state index is 0.403. The van der Waals surface area contributed by atoms with E-state index in [4.69, 9.17) is 4.89 Å². The first-order chi connectivity index (χ1) is 17.3. The van der Waals surface area contributed by atoms with Crippen molar-refractivity contribution in [1.29, 1.82) is 0 Å². The van der Waals surface area contributed by atoms with Crippen molar-refractivity contribution in [3.63, 3.8) is 0 Å². The van der Waals surface area contributed by atoms with Crippen molar-refractivity contribution in [3.8, 4) is 0 Å². The SMILES string of the molecule is [O]OC([C](c1ccccc1)c1ccccc1)(c1ccccc1)C(c1ccccc1)c1ccccc1. The summed E-state index contributed by atoms with van der Waals surface area (Å²) in [7, 11) is 0. The zero-order valence-electron chi connectivity index (χ0n) is 19.3. The van der Waals surface area contributed by atoms with Gasteiger partial charge in [-0.15, -0.1) is 0 Å². The molecule has 0 aliphatic heterocycles. The summed E-state index contributed by atoms with van der Waals surface area (Å²) < 4.78 is 0. The summed E-state index contributed by atoms with van der Waals surface area (Å²) in [5, 5.41) is 13.4. The lowest BCUT2D eigenvalue weighted by molar-refractivity contribution is -0.376. The van der Waals surface area contributed by atoms with Gasteiger partial charge in [-0.2, -0.15) is 4.89 Å². The van der Waals surface area contributed by atoms with E-state index in [9.17, 15) is 5.26 Å². The fourth-order valence-electron chi connectivity index (χ4n) is 5.04. The van der Waals surface area contributed by atoms with Crippen molar-refractivity contribution in [2.75, 3.05) is 0 Å². The van der Waals surface area contributed by atoms with Gasteiger partial charge in [-0.25, -0.2) is 0 Å². The van der Waals surface area contributed by atoms with E-state index in [2.05, 4.69) is 24.3 Å². The van der Waals surface area contributed by atoms with Crippen molar-refractivity contribution in [1.82, 2.24) is 0 Å². The normalized spacial score (nSPS) is 11.6. The Labute approximate surface area is 207 Å². The van der Waals surface area contributed by atoms with Gasteiger partial charge in [-0.3, -0.25) is 0 Å². The second-order valence-electron chi connectivity index (χ2n) is 8.55. The van der Waals surface area contributed by atoms with E-state index >= 15 is 0 Å². The third-order valence-corrected chi connectivity index (χ3v) is 6.50. The quantitative estimate of drug-likeness (QED) is 0.174. The van der Waals surface area contributed by atoms with Crippen LogP contribution < -0.4 is 0 Å². The number of rotatable bonds is 8. The maximum Gasteiger partial charge on any atom is 0.157 e. The van der Waals surface area contributed by atoms with E-state index in [-0.39, 0.29) is 0 Å². The molecule has 0 fully saturated rings. The lowest BCUT2D eigenvalue weighted by atomic mass is 9.63. The average molecular weight is 455 g/mol. The van der Waals surface area contributed by atoms with Gasteiger partial charge in [0.25, 0.3) is 0 Å². The van der Waals surface area contributed by atoms with Crippen molar-refractivity contribution < 1.29 is 10.1 Å². The second kappa shape index (κ2) is 10.5. The average Bonchev–Trinajstić information content (AvgIpc) is 2.95. The van der Waals surface area contributed by atoms with E-state index in [0.29, 0.717) is 0 Å². The standard InChI is InChI=1S/C33H26O2/c34-35-33(30-24-14-5-15-25-30,31(26-16-6-1-7-17-26)27-18-8-2-9-19-27)32(28-20-10-3-11-21-28)29-22-12-4-13-23-29/h1-25,31H. The van der Waals surface area contributed by atoms with Crippen LogP contribution in [0.15, 0.2) is 152 Å². The number of benzene rings is 5. The summed E-state index contributed by atoms with van der Waals surface area (Å²) in [5.41, 5.74) is 3.33. The Kier molecular flexibility index (Phi) is 6.85. The van der Waals surface area contributed by atoms with Crippen LogP contribution in [-0.4, -0.2) is 0 Å². The van der Waals surface area contributed by atoms with Gasteiger partial charge in [0.1, 0.15) is 0 Å². The van der Waals surface area contributed by atoms with Crippen molar-refractivity contribution in [2.45, 2.75) is 11.5 Å². The molecule has 2 heteroatoms. The largest absolute Gasteiger partial charge is 0.190 e. The summed E-state index contributed by atoms with van der Waals surface area (Å²) >= 11 is 0. The van der Waals surface area contributed by atoms with Gasteiger partial charge in [-0.05, 0) is 33.1 Å². The Balaban J connectivity index is 1.89. The summed E-state index contributed by atoms with van der Waals surface area (Å²) in [5.74, 6) is 0.429. The molecule has 0 aliphatic carbocycles. The van der Waals surface area contributed by atoms with Crippen LogP contribution in [0, 0.1) is 5.92 Å². The smallest absolute Gasteiger partial charge is 0.157 e. The first kappa shape index (κ1) is 22.8. The fourth-order valence-corrected chi connectivity index (χ4v) is 5.04. The molecule has 0 bridgehead atoms. The predicted octanol–water partition coefficient (Wildman–Crippen LogP) is 7.75. The Morgan fingerprint density at radius 1 is 0.486 bits per heavy atom. The maximum atomic E-state index is 13.4. The summed E-state index contributed by atoms with van der Waals surface area (Å²) in [6.45, 7) is 0. The van der Waals surface area contributed by atoms with Gasteiger partial charge in [0.15, 0.2) is 5.60 Å². The lowest BCUT2D eigenvalue weighted by Crippen LogP contribution is -2.43. The topological polar surface area (TPSA) is 29.1 Å². The maximum absolute atomic E-state index is 13.4. The van der Waals surface area contributed by atoms with Gasteiger partial charge in [0.2, 0.25) is 0 Å². The molecule has 0 N–H and O–H groups in total. The molecule has 35 heavy (non-hydrogen) atoms. The Hall–Kier alpha value is -3.98. The molecule has 5 aromatic carbocycles. The Morgan fingerprint density at radius 2 is 0.829 bits per heavy atom. The van der Waals surface area contributed by atoms with Crippen LogP contribution in [0.25, 0.3) is 0 Å². The molecule has 0 aliphatic rings. The minimum Gasteiger partial charge on any atom is -0.190 e. The molecule has 1 atom stereocenters. The van der Waals surface area contributed by atoms with Crippen LogP contribution in [0.4, 0.5) is 0 Å². The molecular weight excluding hydrogens is 428 g/mol. The van der Waals surface area contributed by atoms with Gasteiger partial charge in [-0.1, -0.05) is 152 Å².